The first-order valence-corrected chi connectivity index (χ1v) is 6.34. The van der Waals surface area contributed by atoms with Crippen LogP contribution in [-0.4, -0.2) is 31.3 Å². The van der Waals surface area contributed by atoms with Crippen molar-refractivity contribution >= 4 is 25.7 Å². The molecule has 0 unspecified atom stereocenters. The molecule has 0 saturated carbocycles. The van der Waals surface area contributed by atoms with Crippen molar-refractivity contribution in [1.29, 1.82) is 0 Å². The second-order valence-electron chi connectivity index (χ2n) is 2.85. The first-order valence-electron chi connectivity index (χ1n) is 3.86. The van der Waals surface area contributed by atoms with E-state index in [0.717, 1.165) is 0 Å². The average Bonchev–Trinajstić information content (AvgIpc) is 2.42. The van der Waals surface area contributed by atoms with E-state index in [-0.39, 0.29) is 11.3 Å². The molecular weight excluding hydrogens is 244 g/mol. The van der Waals surface area contributed by atoms with Gasteiger partial charge < -0.3 is 4.74 Å². The highest BCUT2D eigenvalue weighted by Crippen LogP contribution is 2.14. The van der Waals surface area contributed by atoms with Crippen molar-refractivity contribution in [2.45, 2.75) is 5.75 Å². The predicted octanol–water partition coefficient (Wildman–Crippen LogP) is 0.275. The van der Waals surface area contributed by atoms with Crippen LogP contribution in [0.3, 0.4) is 0 Å². The third kappa shape index (κ3) is 3.21. The first-order chi connectivity index (χ1) is 6.83. The van der Waals surface area contributed by atoms with Gasteiger partial charge in [0.25, 0.3) is 0 Å². The maximum Gasteiger partial charge on any atom is 0.358 e. The van der Waals surface area contributed by atoms with Gasteiger partial charge in [0.15, 0.2) is 5.69 Å². The largest absolute Gasteiger partial charge is 0.464 e. The smallest absolute Gasteiger partial charge is 0.358 e. The fraction of sp³-hybridized carbons (Fsp3) is 0.429. The van der Waals surface area contributed by atoms with Crippen LogP contribution in [-0.2, 0) is 26.6 Å². The quantitative estimate of drug-likeness (QED) is 0.570. The van der Waals surface area contributed by atoms with Gasteiger partial charge in [-0.2, -0.15) is 5.10 Å². The number of halogens is 1. The van der Waals surface area contributed by atoms with Crippen LogP contribution in [0.4, 0.5) is 0 Å². The molecule has 0 radical (unpaired) electrons. The molecule has 0 bridgehead atoms. The molecule has 1 aromatic rings. The molecule has 6 nitrogen and oxygen atoms in total. The van der Waals surface area contributed by atoms with Gasteiger partial charge in [0, 0.05) is 29.5 Å². The summed E-state index contributed by atoms with van der Waals surface area (Å²) in [6, 6.07) is 0. The molecule has 0 aromatic carbocycles. The first kappa shape index (κ1) is 12.0. The molecule has 0 fully saturated rings. The minimum atomic E-state index is -3.72. The van der Waals surface area contributed by atoms with Crippen molar-refractivity contribution in [2.75, 3.05) is 7.11 Å². The van der Waals surface area contributed by atoms with Crippen LogP contribution in [0.25, 0.3) is 0 Å². The number of nitrogens with zero attached hydrogens (tertiary/aromatic N) is 2. The van der Waals surface area contributed by atoms with Crippen molar-refractivity contribution in [3.63, 3.8) is 0 Å². The molecule has 0 atom stereocenters. The lowest BCUT2D eigenvalue weighted by Gasteiger charge is -1.97. The fourth-order valence-corrected chi connectivity index (χ4v) is 2.03. The van der Waals surface area contributed by atoms with E-state index in [2.05, 4.69) is 9.84 Å². The molecule has 0 aliphatic rings. The summed E-state index contributed by atoms with van der Waals surface area (Å²) in [5, 5.41) is 3.78. The number of carbonyl (C=O) groups is 1. The Morgan fingerprint density at radius 3 is 2.73 bits per heavy atom. The summed E-state index contributed by atoms with van der Waals surface area (Å²) in [6.07, 6.45) is 1.41. The molecule has 1 rings (SSSR count). The van der Waals surface area contributed by atoms with E-state index >= 15 is 0 Å². The molecule has 1 aromatic heterocycles. The molecule has 1 heterocycles. The van der Waals surface area contributed by atoms with Crippen molar-refractivity contribution in [1.82, 2.24) is 9.78 Å². The maximum atomic E-state index is 11.2. The number of rotatable bonds is 3. The number of hydrogen-bond acceptors (Lipinski definition) is 5. The van der Waals surface area contributed by atoms with Crippen LogP contribution in [0.1, 0.15) is 16.1 Å². The van der Waals surface area contributed by atoms with Crippen LogP contribution < -0.4 is 0 Å². The normalized spacial score (nSPS) is 11.4. The molecule has 0 spiro atoms. The molecule has 0 saturated heterocycles. The van der Waals surface area contributed by atoms with Gasteiger partial charge in [-0.15, -0.1) is 0 Å². The summed E-state index contributed by atoms with van der Waals surface area (Å²) in [6.45, 7) is 0. The fourth-order valence-electron chi connectivity index (χ4n) is 1.10. The third-order valence-electron chi connectivity index (χ3n) is 1.61. The third-order valence-corrected chi connectivity index (χ3v) is 2.59. The standard InChI is InChI=1S/C7H9ClN2O4S/c1-10-3-5(4-15(8,12)13)6(9-10)7(11)14-2/h3H,4H2,1-2H3. The monoisotopic (exact) mass is 252 g/mol. The summed E-state index contributed by atoms with van der Waals surface area (Å²) in [5.74, 6) is -1.14. The number of esters is 1. The highest BCUT2D eigenvalue weighted by Gasteiger charge is 2.20. The van der Waals surface area contributed by atoms with Gasteiger partial charge in [0.05, 0.1) is 12.9 Å². The van der Waals surface area contributed by atoms with E-state index in [9.17, 15) is 13.2 Å². The van der Waals surface area contributed by atoms with E-state index in [1.54, 1.807) is 7.05 Å². The van der Waals surface area contributed by atoms with E-state index in [1.165, 1.54) is 18.0 Å². The van der Waals surface area contributed by atoms with Gasteiger partial charge in [-0.05, 0) is 0 Å². The van der Waals surface area contributed by atoms with Crippen molar-refractivity contribution in [2.24, 2.45) is 7.05 Å². The minimum absolute atomic E-state index is 0.0378. The Balaban J connectivity index is 3.12. The van der Waals surface area contributed by atoms with Crippen LogP contribution in [0, 0.1) is 0 Å². The topological polar surface area (TPSA) is 78.3 Å². The lowest BCUT2D eigenvalue weighted by atomic mass is 10.3. The molecule has 15 heavy (non-hydrogen) atoms. The molecule has 0 N–H and O–H groups in total. The number of hydrogen-bond donors (Lipinski definition) is 0. The Kier molecular flexibility index (Phi) is 3.35. The van der Waals surface area contributed by atoms with Crippen LogP contribution >= 0.6 is 10.7 Å². The van der Waals surface area contributed by atoms with E-state index < -0.39 is 20.8 Å². The molecular formula is C7H9ClN2O4S. The summed E-state index contributed by atoms with van der Waals surface area (Å²) >= 11 is 0. The summed E-state index contributed by atoms with van der Waals surface area (Å²) in [5.41, 5.74) is 0.184. The summed E-state index contributed by atoms with van der Waals surface area (Å²) < 4.78 is 27.5. The zero-order valence-corrected chi connectivity index (χ0v) is 9.67. The van der Waals surface area contributed by atoms with Gasteiger partial charge in [-0.25, -0.2) is 13.2 Å². The number of aryl methyl sites for hydroxylation is 1. The molecule has 0 aliphatic carbocycles. The predicted molar refractivity (Wildman–Crippen MR) is 53.0 cm³/mol. The second-order valence-corrected chi connectivity index (χ2v) is 5.63. The van der Waals surface area contributed by atoms with Gasteiger partial charge in [-0.3, -0.25) is 4.68 Å². The average molecular weight is 253 g/mol. The summed E-state index contributed by atoms with van der Waals surface area (Å²) in [7, 11) is 4.12. The number of methoxy groups -OCH3 is 1. The molecule has 8 heteroatoms. The number of aromatic nitrogens is 2. The zero-order valence-electron chi connectivity index (χ0n) is 8.10. The lowest BCUT2D eigenvalue weighted by Crippen LogP contribution is -2.07. The molecule has 0 amide bonds. The Morgan fingerprint density at radius 1 is 1.67 bits per heavy atom. The lowest BCUT2D eigenvalue weighted by molar-refractivity contribution is 0.0592. The molecule has 84 valence electrons. The SMILES string of the molecule is COC(=O)c1nn(C)cc1CS(=O)(=O)Cl. The highest BCUT2D eigenvalue weighted by atomic mass is 35.7. The van der Waals surface area contributed by atoms with Gasteiger partial charge in [0.2, 0.25) is 9.05 Å². The van der Waals surface area contributed by atoms with Crippen LogP contribution in [0.15, 0.2) is 6.20 Å². The highest BCUT2D eigenvalue weighted by molar-refractivity contribution is 8.13. The number of carbonyl (C=O) groups excluding carboxylic acids is 1. The molecule has 0 aliphatic heterocycles. The van der Waals surface area contributed by atoms with Gasteiger partial charge in [-0.1, -0.05) is 0 Å². The van der Waals surface area contributed by atoms with Crippen molar-refractivity contribution in [3.05, 3.63) is 17.5 Å². The Hall–Kier alpha value is -1.08. The van der Waals surface area contributed by atoms with Gasteiger partial charge >= 0.3 is 5.97 Å². The Morgan fingerprint density at radius 2 is 2.27 bits per heavy atom. The van der Waals surface area contributed by atoms with E-state index in [4.69, 9.17) is 10.7 Å². The Labute approximate surface area is 91.2 Å². The number of ether oxygens (including phenoxy) is 1. The minimum Gasteiger partial charge on any atom is -0.464 e. The summed E-state index contributed by atoms with van der Waals surface area (Å²) in [4.78, 5) is 11.2. The van der Waals surface area contributed by atoms with E-state index in [0.29, 0.717) is 0 Å². The van der Waals surface area contributed by atoms with Gasteiger partial charge in [0.1, 0.15) is 0 Å². The van der Waals surface area contributed by atoms with Crippen LogP contribution in [0.5, 0.6) is 0 Å². The Bertz CT molecular complexity index is 479. The van der Waals surface area contributed by atoms with E-state index in [1.807, 2.05) is 0 Å². The second kappa shape index (κ2) is 4.19. The van der Waals surface area contributed by atoms with Crippen LogP contribution in [0.2, 0.25) is 0 Å². The van der Waals surface area contributed by atoms with Crippen molar-refractivity contribution < 1.29 is 17.9 Å². The van der Waals surface area contributed by atoms with Crippen molar-refractivity contribution in [3.8, 4) is 0 Å². The zero-order chi connectivity index (χ0) is 11.6. The maximum absolute atomic E-state index is 11.2.